The Morgan fingerprint density at radius 2 is 2.19 bits per heavy atom. The molecule has 0 saturated heterocycles. The molecule has 1 aromatic heterocycles. The quantitative estimate of drug-likeness (QED) is 0.495. The predicted molar refractivity (Wildman–Crippen MR) is 79.3 cm³/mol. The van der Waals surface area contributed by atoms with Crippen molar-refractivity contribution in [2.45, 2.75) is 32.2 Å². The summed E-state index contributed by atoms with van der Waals surface area (Å²) < 4.78 is 0. The van der Waals surface area contributed by atoms with Gasteiger partial charge in [-0.15, -0.1) is 0 Å². The van der Waals surface area contributed by atoms with E-state index in [2.05, 4.69) is 20.9 Å². The molecule has 8 heteroatoms. The summed E-state index contributed by atoms with van der Waals surface area (Å²) >= 11 is 0. The van der Waals surface area contributed by atoms with E-state index in [9.17, 15) is 14.9 Å². The van der Waals surface area contributed by atoms with E-state index in [1.807, 2.05) is 6.92 Å². The van der Waals surface area contributed by atoms with E-state index < -0.39 is 4.92 Å². The van der Waals surface area contributed by atoms with Crippen molar-refractivity contribution in [3.05, 3.63) is 22.2 Å². The van der Waals surface area contributed by atoms with Crippen molar-refractivity contribution in [2.24, 2.45) is 0 Å². The van der Waals surface area contributed by atoms with Crippen LogP contribution in [0.4, 0.5) is 17.3 Å². The molecule has 0 atom stereocenters. The standard InChI is InChI=1S/C13H19N5O3/c1-2-7-14-11-6-5-10(18(20)21)13(17-11)15-8-12(19)16-9-3-4-9/h5-6,9H,2-4,7-8H2,1H3,(H,16,19)(H2,14,15,17). The third-order valence-corrected chi connectivity index (χ3v) is 2.99. The van der Waals surface area contributed by atoms with Crippen LogP contribution in [0.1, 0.15) is 26.2 Å². The van der Waals surface area contributed by atoms with Crippen molar-refractivity contribution in [2.75, 3.05) is 23.7 Å². The second-order valence-corrected chi connectivity index (χ2v) is 4.94. The fourth-order valence-corrected chi connectivity index (χ4v) is 1.75. The maximum atomic E-state index is 11.6. The molecule has 2 rings (SSSR count). The number of nitro groups is 1. The van der Waals surface area contributed by atoms with Gasteiger partial charge in [-0.3, -0.25) is 14.9 Å². The van der Waals surface area contributed by atoms with Gasteiger partial charge in [0.15, 0.2) is 0 Å². The first-order valence-corrected chi connectivity index (χ1v) is 7.02. The normalized spacial score (nSPS) is 13.6. The molecular formula is C13H19N5O3. The summed E-state index contributed by atoms with van der Waals surface area (Å²) in [7, 11) is 0. The number of rotatable bonds is 8. The minimum Gasteiger partial charge on any atom is -0.370 e. The number of hydrogen-bond acceptors (Lipinski definition) is 6. The Bertz CT molecular complexity index is 531. The number of nitrogens with zero attached hydrogens (tertiary/aromatic N) is 2. The lowest BCUT2D eigenvalue weighted by Crippen LogP contribution is -2.31. The zero-order valence-electron chi connectivity index (χ0n) is 11.9. The summed E-state index contributed by atoms with van der Waals surface area (Å²) in [6.45, 7) is 2.72. The summed E-state index contributed by atoms with van der Waals surface area (Å²) in [5.74, 6) is 0.472. The van der Waals surface area contributed by atoms with Gasteiger partial charge in [0.05, 0.1) is 11.5 Å². The van der Waals surface area contributed by atoms with Gasteiger partial charge in [0.25, 0.3) is 0 Å². The maximum Gasteiger partial charge on any atom is 0.311 e. The number of nitrogens with one attached hydrogen (secondary N) is 3. The van der Waals surface area contributed by atoms with Crippen molar-refractivity contribution < 1.29 is 9.72 Å². The molecule has 0 spiro atoms. The molecule has 3 N–H and O–H groups in total. The van der Waals surface area contributed by atoms with Gasteiger partial charge in [-0.25, -0.2) is 4.98 Å². The summed E-state index contributed by atoms with van der Waals surface area (Å²) in [6, 6.07) is 3.20. The van der Waals surface area contributed by atoms with E-state index in [0.29, 0.717) is 5.82 Å². The Hall–Kier alpha value is -2.38. The number of amides is 1. The average Bonchev–Trinajstić information content (AvgIpc) is 3.26. The summed E-state index contributed by atoms with van der Waals surface area (Å²) in [4.78, 5) is 26.2. The molecule has 8 nitrogen and oxygen atoms in total. The van der Waals surface area contributed by atoms with E-state index >= 15 is 0 Å². The Balaban J connectivity index is 2.02. The monoisotopic (exact) mass is 293 g/mol. The molecule has 1 heterocycles. The second kappa shape index (κ2) is 6.87. The van der Waals surface area contributed by atoms with Crippen LogP contribution < -0.4 is 16.0 Å². The van der Waals surface area contributed by atoms with Gasteiger partial charge in [0.2, 0.25) is 11.7 Å². The van der Waals surface area contributed by atoms with Crippen LogP contribution in [0.15, 0.2) is 12.1 Å². The average molecular weight is 293 g/mol. The van der Waals surface area contributed by atoms with E-state index in [0.717, 1.165) is 25.8 Å². The first kappa shape index (κ1) is 15.0. The van der Waals surface area contributed by atoms with Crippen LogP contribution in [0.3, 0.4) is 0 Å². The fourth-order valence-electron chi connectivity index (χ4n) is 1.75. The van der Waals surface area contributed by atoms with Crippen LogP contribution in [0.25, 0.3) is 0 Å². The number of carbonyl (C=O) groups is 1. The van der Waals surface area contributed by atoms with E-state index in [-0.39, 0.29) is 30.0 Å². The predicted octanol–water partition coefficient (Wildman–Crippen LogP) is 1.50. The highest BCUT2D eigenvalue weighted by molar-refractivity contribution is 5.81. The molecule has 1 amide bonds. The molecule has 1 saturated carbocycles. The van der Waals surface area contributed by atoms with Crippen LogP contribution in [-0.4, -0.2) is 34.9 Å². The van der Waals surface area contributed by atoms with Gasteiger partial charge in [-0.05, 0) is 25.3 Å². The van der Waals surface area contributed by atoms with Crippen LogP contribution >= 0.6 is 0 Å². The van der Waals surface area contributed by atoms with E-state index in [4.69, 9.17) is 0 Å². The van der Waals surface area contributed by atoms with Crippen LogP contribution in [0, 0.1) is 10.1 Å². The SMILES string of the molecule is CCCNc1ccc([N+](=O)[O-])c(NCC(=O)NC2CC2)n1. The Kier molecular flexibility index (Phi) is 4.91. The van der Waals surface area contributed by atoms with Crippen LogP contribution in [-0.2, 0) is 4.79 Å². The van der Waals surface area contributed by atoms with Gasteiger partial charge in [0, 0.05) is 18.7 Å². The van der Waals surface area contributed by atoms with Crippen LogP contribution in [0.5, 0.6) is 0 Å². The minimum absolute atomic E-state index is 0.0262. The van der Waals surface area contributed by atoms with Crippen molar-refractivity contribution in [3.8, 4) is 0 Å². The summed E-state index contributed by atoms with van der Waals surface area (Å²) in [6.07, 6.45) is 2.92. The van der Waals surface area contributed by atoms with E-state index in [1.54, 1.807) is 6.07 Å². The lowest BCUT2D eigenvalue weighted by atomic mass is 10.3. The number of carbonyl (C=O) groups excluding carboxylic acids is 1. The number of aromatic nitrogens is 1. The van der Waals surface area contributed by atoms with Crippen LogP contribution in [0.2, 0.25) is 0 Å². The molecule has 0 aliphatic heterocycles. The van der Waals surface area contributed by atoms with Gasteiger partial charge in [0.1, 0.15) is 5.82 Å². The molecule has 0 unspecified atom stereocenters. The van der Waals surface area contributed by atoms with Gasteiger partial charge >= 0.3 is 5.69 Å². The molecule has 0 bridgehead atoms. The van der Waals surface area contributed by atoms with Gasteiger partial charge < -0.3 is 16.0 Å². The smallest absolute Gasteiger partial charge is 0.311 e. The third kappa shape index (κ3) is 4.59. The summed E-state index contributed by atoms with van der Waals surface area (Å²) in [5, 5.41) is 19.6. The van der Waals surface area contributed by atoms with E-state index in [1.165, 1.54) is 6.07 Å². The van der Waals surface area contributed by atoms with Crippen molar-refractivity contribution in [1.29, 1.82) is 0 Å². The second-order valence-electron chi connectivity index (χ2n) is 4.94. The zero-order chi connectivity index (χ0) is 15.2. The minimum atomic E-state index is -0.516. The number of hydrogen-bond donors (Lipinski definition) is 3. The first-order valence-electron chi connectivity index (χ1n) is 7.02. The highest BCUT2D eigenvalue weighted by Crippen LogP contribution is 2.24. The first-order chi connectivity index (χ1) is 10.1. The largest absolute Gasteiger partial charge is 0.370 e. The van der Waals surface area contributed by atoms with Gasteiger partial charge in [-0.2, -0.15) is 0 Å². The zero-order valence-corrected chi connectivity index (χ0v) is 11.9. The molecular weight excluding hydrogens is 274 g/mol. The topological polar surface area (TPSA) is 109 Å². The van der Waals surface area contributed by atoms with Crippen molar-refractivity contribution in [3.63, 3.8) is 0 Å². The number of anilines is 2. The highest BCUT2D eigenvalue weighted by Gasteiger charge is 2.23. The molecule has 1 aromatic rings. The molecule has 0 aromatic carbocycles. The Labute approximate surface area is 122 Å². The molecule has 1 aliphatic carbocycles. The molecule has 114 valence electrons. The Morgan fingerprint density at radius 3 is 2.81 bits per heavy atom. The molecule has 1 aliphatic rings. The molecule has 1 fully saturated rings. The highest BCUT2D eigenvalue weighted by atomic mass is 16.6. The van der Waals surface area contributed by atoms with Gasteiger partial charge in [-0.1, -0.05) is 6.92 Å². The maximum absolute atomic E-state index is 11.6. The summed E-state index contributed by atoms with van der Waals surface area (Å²) in [5.41, 5.74) is -0.142. The lowest BCUT2D eigenvalue weighted by molar-refractivity contribution is -0.384. The van der Waals surface area contributed by atoms with Crippen molar-refractivity contribution in [1.82, 2.24) is 10.3 Å². The molecule has 21 heavy (non-hydrogen) atoms. The van der Waals surface area contributed by atoms with Crippen molar-refractivity contribution >= 4 is 23.2 Å². The third-order valence-electron chi connectivity index (χ3n) is 2.99. The number of pyridine rings is 1. The lowest BCUT2D eigenvalue weighted by Gasteiger charge is -2.09. The Morgan fingerprint density at radius 1 is 1.43 bits per heavy atom. The molecule has 0 radical (unpaired) electrons. The fraction of sp³-hybridized carbons (Fsp3) is 0.538.